The SMILES string of the molecule is O=C(COC(=O)C(c1ccccc1)c1ccccc1)NCCc1ccc(F)cc1. The molecule has 0 aliphatic carbocycles. The molecule has 0 aromatic heterocycles. The van der Waals surface area contributed by atoms with Crippen LogP contribution in [0.1, 0.15) is 22.6 Å². The number of carbonyl (C=O) groups excluding carboxylic acids is 2. The Bertz CT molecular complexity index is 888. The minimum atomic E-state index is -0.593. The van der Waals surface area contributed by atoms with Gasteiger partial charge in [0.2, 0.25) is 0 Å². The number of hydrogen-bond acceptors (Lipinski definition) is 3. The van der Waals surface area contributed by atoms with Crippen LogP contribution >= 0.6 is 0 Å². The van der Waals surface area contributed by atoms with Crippen molar-refractivity contribution in [3.05, 3.63) is 107 Å². The van der Waals surface area contributed by atoms with Crippen LogP contribution < -0.4 is 5.32 Å². The average Bonchev–Trinajstić information content (AvgIpc) is 2.75. The zero-order valence-electron chi connectivity index (χ0n) is 15.9. The van der Waals surface area contributed by atoms with Crippen molar-refractivity contribution >= 4 is 11.9 Å². The summed E-state index contributed by atoms with van der Waals surface area (Å²) in [5, 5.41) is 2.71. The maximum Gasteiger partial charge on any atom is 0.318 e. The number of benzene rings is 3. The Morgan fingerprint density at radius 2 is 1.38 bits per heavy atom. The lowest BCUT2D eigenvalue weighted by Gasteiger charge is -2.17. The van der Waals surface area contributed by atoms with Crippen molar-refractivity contribution in [2.45, 2.75) is 12.3 Å². The lowest BCUT2D eigenvalue weighted by molar-refractivity contribution is -0.149. The Morgan fingerprint density at radius 1 is 0.828 bits per heavy atom. The quantitative estimate of drug-likeness (QED) is 0.593. The van der Waals surface area contributed by atoms with Crippen LogP contribution in [-0.2, 0) is 20.7 Å². The normalized spacial score (nSPS) is 10.6. The molecule has 1 amide bonds. The van der Waals surface area contributed by atoms with Crippen molar-refractivity contribution in [3.63, 3.8) is 0 Å². The molecule has 0 saturated carbocycles. The topological polar surface area (TPSA) is 55.4 Å². The van der Waals surface area contributed by atoms with Gasteiger partial charge in [-0.1, -0.05) is 72.8 Å². The van der Waals surface area contributed by atoms with Gasteiger partial charge in [-0.05, 0) is 35.2 Å². The lowest BCUT2D eigenvalue weighted by Crippen LogP contribution is -2.31. The predicted molar refractivity (Wildman–Crippen MR) is 109 cm³/mol. The summed E-state index contributed by atoms with van der Waals surface area (Å²) in [6.07, 6.45) is 0.566. The third-order valence-corrected chi connectivity index (χ3v) is 4.50. The molecule has 0 unspecified atom stereocenters. The fourth-order valence-electron chi connectivity index (χ4n) is 3.02. The molecule has 3 aromatic carbocycles. The zero-order chi connectivity index (χ0) is 20.5. The summed E-state index contributed by atoms with van der Waals surface area (Å²) in [5.74, 6) is -1.74. The third kappa shape index (κ3) is 6.01. The van der Waals surface area contributed by atoms with Gasteiger partial charge in [0, 0.05) is 6.54 Å². The molecule has 29 heavy (non-hydrogen) atoms. The van der Waals surface area contributed by atoms with Crippen LogP contribution in [0.4, 0.5) is 4.39 Å². The minimum absolute atomic E-state index is 0.295. The largest absolute Gasteiger partial charge is 0.455 e. The highest BCUT2D eigenvalue weighted by atomic mass is 19.1. The van der Waals surface area contributed by atoms with E-state index in [9.17, 15) is 14.0 Å². The summed E-state index contributed by atoms with van der Waals surface area (Å²) in [7, 11) is 0. The first kappa shape index (κ1) is 20.3. The summed E-state index contributed by atoms with van der Waals surface area (Å²) in [6.45, 7) is 0.0290. The van der Waals surface area contributed by atoms with E-state index in [1.165, 1.54) is 12.1 Å². The summed E-state index contributed by atoms with van der Waals surface area (Å²) in [6, 6.07) is 24.8. The van der Waals surface area contributed by atoms with E-state index < -0.39 is 11.9 Å². The van der Waals surface area contributed by atoms with Crippen LogP contribution in [0, 0.1) is 5.82 Å². The number of carbonyl (C=O) groups is 2. The highest BCUT2D eigenvalue weighted by Crippen LogP contribution is 2.25. The third-order valence-electron chi connectivity index (χ3n) is 4.50. The molecule has 0 spiro atoms. The molecule has 0 atom stereocenters. The molecule has 3 rings (SSSR count). The number of amides is 1. The van der Waals surface area contributed by atoms with Crippen molar-refractivity contribution in [2.24, 2.45) is 0 Å². The van der Waals surface area contributed by atoms with E-state index in [2.05, 4.69) is 5.32 Å². The molecule has 0 saturated heterocycles. The number of esters is 1. The van der Waals surface area contributed by atoms with Crippen molar-refractivity contribution in [1.29, 1.82) is 0 Å². The highest BCUT2D eigenvalue weighted by molar-refractivity contribution is 5.85. The second-order valence-electron chi connectivity index (χ2n) is 6.59. The monoisotopic (exact) mass is 391 g/mol. The molecule has 5 heteroatoms. The highest BCUT2D eigenvalue weighted by Gasteiger charge is 2.24. The van der Waals surface area contributed by atoms with Gasteiger partial charge < -0.3 is 10.1 Å². The maximum absolute atomic E-state index is 12.9. The number of rotatable bonds is 8. The van der Waals surface area contributed by atoms with E-state index in [-0.39, 0.29) is 18.3 Å². The Labute approximate surface area is 169 Å². The van der Waals surface area contributed by atoms with Crippen molar-refractivity contribution < 1.29 is 18.7 Å². The van der Waals surface area contributed by atoms with Crippen LogP contribution in [0.3, 0.4) is 0 Å². The van der Waals surface area contributed by atoms with Crippen molar-refractivity contribution in [2.75, 3.05) is 13.2 Å². The molecule has 148 valence electrons. The van der Waals surface area contributed by atoms with Gasteiger partial charge in [0.15, 0.2) is 6.61 Å². The predicted octanol–water partition coefficient (Wildman–Crippen LogP) is 3.86. The van der Waals surface area contributed by atoms with Gasteiger partial charge in [-0.2, -0.15) is 0 Å². The van der Waals surface area contributed by atoms with E-state index in [4.69, 9.17) is 4.74 Å². The van der Waals surface area contributed by atoms with Crippen molar-refractivity contribution in [1.82, 2.24) is 5.32 Å². The molecule has 0 bridgehead atoms. The van der Waals surface area contributed by atoms with Gasteiger partial charge in [0.1, 0.15) is 11.7 Å². The number of nitrogens with one attached hydrogen (secondary N) is 1. The van der Waals surface area contributed by atoms with Gasteiger partial charge in [-0.15, -0.1) is 0 Å². The van der Waals surface area contributed by atoms with E-state index in [0.29, 0.717) is 13.0 Å². The van der Waals surface area contributed by atoms with E-state index in [0.717, 1.165) is 16.7 Å². The number of hydrogen-bond donors (Lipinski definition) is 1. The molecule has 3 aromatic rings. The Morgan fingerprint density at radius 3 is 1.93 bits per heavy atom. The Hall–Kier alpha value is -3.47. The molecule has 0 radical (unpaired) electrons. The van der Waals surface area contributed by atoms with Gasteiger partial charge in [-0.25, -0.2) is 4.39 Å². The maximum atomic E-state index is 12.9. The Balaban J connectivity index is 1.54. The number of ether oxygens (including phenoxy) is 1. The van der Waals surface area contributed by atoms with Gasteiger partial charge in [0.25, 0.3) is 5.91 Å². The van der Waals surface area contributed by atoms with Gasteiger partial charge in [-0.3, -0.25) is 9.59 Å². The van der Waals surface area contributed by atoms with E-state index in [1.54, 1.807) is 12.1 Å². The van der Waals surface area contributed by atoms with Crippen LogP contribution in [0.25, 0.3) is 0 Å². The Kier molecular flexibility index (Phi) is 7.11. The average molecular weight is 391 g/mol. The van der Waals surface area contributed by atoms with Crippen LogP contribution in [-0.4, -0.2) is 25.0 Å². The summed E-state index contributed by atoms with van der Waals surface area (Å²) in [4.78, 5) is 24.8. The molecule has 1 N–H and O–H groups in total. The summed E-state index contributed by atoms with van der Waals surface area (Å²) in [5.41, 5.74) is 2.53. The fraction of sp³-hybridized carbons (Fsp3) is 0.167. The summed E-state index contributed by atoms with van der Waals surface area (Å²) < 4.78 is 18.2. The first-order valence-corrected chi connectivity index (χ1v) is 9.41. The molecular formula is C24H22FNO3. The first-order valence-electron chi connectivity index (χ1n) is 9.41. The van der Waals surface area contributed by atoms with Crippen LogP contribution in [0.5, 0.6) is 0 Å². The fourth-order valence-corrected chi connectivity index (χ4v) is 3.02. The molecule has 0 aliphatic rings. The molecular weight excluding hydrogens is 369 g/mol. The van der Waals surface area contributed by atoms with Gasteiger partial charge in [0.05, 0.1) is 0 Å². The second kappa shape index (κ2) is 10.2. The van der Waals surface area contributed by atoms with Crippen LogP contribution in [0.15, 0.2) is 84.9 Å². The smallest absolute Gasteiger partial charge is 0.318 e. The lowest BCUT2D eigenvalue weighted by atomic mass is 9.91. The second-order valence-corrected chi connectivity index (χ2v) is 6.59. The van der Waals surface area contributed by atoms with E-state index >= 15 is 0 Å². The van der Waals surface area contributed by atoms with Crippen LogP contribution in [0.2, 0.25) is 0 Å². The molecule has 0 fully saturated rings. The minimum Gasteiger partial charge on any atom is -0.455 e. The zero-order valence-corrected chi connectivity index (χ0v) is 15.9. The number of halogens is 1. The molecule has 0 heterocycles. The van der Waals surface area contributed by atoms with E-state index in [1.807, 2.05) is 60.7 Å². The molecule has 0 aliphatic heterocycles. The molecule has 4 nitrogen and oxygen atoms in total. The van der Waals surface area contributed by atoms with Crippen molar-refractivity contribution in [3.8, 4) is 0 Å². The first-order chi connectivity index (χ1) is 14.1. The summed E-state index contributed by atoms with van der Waals surface area (Å²) >= 11 is 0. The van der Waals surface area contributed by atoms with Gasteiger partial charge >= 0.3 is 5.97 Å². The standard InChI is InChI=1S/C24H22FNO3/c25-21-13-11-18(12-14-21)15-16-26-22(27)17-29-24(28)23(19-7-3-1-4-8-19)20-9-5-2-6-10-20/h1-14,23H,15-17H2,(H,26,27).